The molecular weight excluding hydrogens is 493 g/mol. The van der Waals surface area contributed by atoms with E-state index in [1.54, 1.807) is 66.6 Å². The van der Waals surface area contributed by atoms with Gasteiger partial charge in [-0.15, -0.1) is 0 Å². The van der Waals surface area contributed by atoms with Gasteiger partial charge in [-0.05, 0) is 79.7 Å². The third-order valence-corrected chi connectivity index (χ3v) is 6.43. The van der Waals surface area contributed by atoms with Crippen LogP contribution >= 0.6 is 12.2 Å². The predicted octanol–water partition coefficient (Wildman–Crippen LogP) is 4.81. The van der Waals surface area contributed by atoms with Crippen LogP contribution in [0.4, 0.5) is 15.8 Å². The van der Waals surface area contributed by atoms with Crippen molar-refractivity contribution >= 4 is 40.5 Å². The molecule has 0 bridgehead atoms. The Labute approximate surface area is 220 Å². The van der Waals surface area contributed by atoms with Gasteiger partial charge in [0.05, 0.1) is 25.8 Å². The number of benzene rings is 3. The molecule has 1 aliphatic rings. The van der Waals surface area contributed by atoms with Gasteiger partial charge in [0.15, 0.2) is 5.11 Å². The Balaban J connectivity index is 1.54. The number of thiocarbonyl (C=S) groups is 1. The Morgan fingerprint density at radius 3 is 2.46 bits per heavy atom. The minimum atomic E-state index is -0.787. The van der Waals surface area contributed by atoms with Gasteiger partial charge in [0, 0.05) is 18.3 Å². The zero-order valence-corrected chi connectivity index (χ0v) is 21.5. The summed E-state index contributed by atoms with van der Waals surface area (Å²) in [6, 6.07) is 19.5. The topological polar surface area (TPSA) is 71.1 Å². The molecule has 1 atom stereocenters. The number of ether oxygens (including phenoxy) is 2. The van der Waals surface area contributed by atoms with E-state index in [4.69, 9.17) is 21.7 Å². The van der Waals surface area contributed by atoms with Crippen LogP contribution < -0.4 is 19.7 Å². The number of carbonyl (C=O) groups is 2. The second-order valence-corrected chi connectivity index (χ2v) is 8.82. The molecule has 4 rings (SSSR count). The van der Waals surface area contributed by atoms with Crippen molar-refractivity contribution in [2.45, 2.75) is 25.8 Å². The number of anilines is 2. The number of hydrogen-bond acceptors (Lipinski definition) is 5. The maximum absolute atomic E-state index is 13.6. The molecule has 7 nitrogen and oxygen atoms in total. The van der Waals surface area contributed by atoms with Crippen LogP contribution in [0.3, 0.4) is 0 Å². The number of carbonyl (C=O) groups excluding carboxylic acids is 2. The van der Waals surface area contributed by atoms with Crippen molar-refractivity contribution in [3.63, 3.8) is 0 Å². The van der Waals surface area contributed by atoms with Gasteiger partial charge in [0.1, 0.15) is 23.4 Å². The highest BCUT2D eigenvalue weighted by Gasteiger charge is 2.43. The monoisotopic (exact) mass is 521 g/mol. The molecule has 1 aliphatic heterocycles. The van der Waals surface area contributed by atoms with Crippen molar-refractivity contribution in [2.24, 2.45) is 0 Å². The number of halogens is 1. The average molecular weight is 522 g/mol. The van der Waals surface area contributed by atoms with Crippen molar-refractivity contribution in [2.75, 3.05) is 30.5 Å². The fraction of sp³-hybridized carbons (Fsp3) is 0.250. The Morgan fingerprint density at radius 2 is 1.78 bits per heavy atom. The third-order valence-electron chi connectivity index (χ3n) is 6.01. The van der Waals surface area contributed by atoms with Gasteiger partial charge in [-0.2, -0.15) is 0 Å². The summed E-state index contributed by atoms with van der Waals surface area (Å²) >= 11 is 5.72. The van der Waals surface area contributed by atoms with Crippen molar-refractivity contribution < 1.29 is 23.5 Å². The first kappa shape index (κ1) is 26.1. The lowest BCUT2D eigenvalue weighted by Gasteiger charge is -2.24. The summed E-state index contributed by atoms with van der Waals surface area (Å²) in [5, 5.41) is 3.17. The minimum Gasteiger partial charge on any atom is -0.497 e. The number of hydrogen-bond donors (Lipinski definition) is 1. The maximum Gasteiger partial charge on any atom is 0.256 e. The van der Waals surface area contributed by atoms with Crippen LogP contribution in [0.15, 0.2) is 72.8 Å². The standard InChI is InChI=1S/C28H28FN3O4S/c1-3-36-24-6-4-5-21(17-24)30-26(33)18-25-27(34)32(22-11-13-23(35-2)14-12-22)28(37)31(25)16-15-19-7-9-20(29)10-8-19/h4-14,17,25H,3,15-16,18H2,1-2H3,(H,30,33)/t25-/m1/s1. The summed E-state index contributed by atoms with van der Waals surface area (Å²) in [7, 11) is 1.57. The van der Waals surface area contributed by atoms with E-state index in [-0.39, 0.29) is 24.1 Å². The highest BCUT2D eigenvalue weighted by Crippen LogP contribution is 2.29. The molecule has 0 radical (unpaired) electrons. The fourth-order valence-corrected chi connectivity index (χ4v) is 4.59. The first-order valence-electron chi connectivity index (χ1n) is 12.0. The lowest BCUT2D eigenvalue weighted by atomic mass is 10.1. The maximum atomic E-state index is 13.6. The molecule has 2 amide bonds. The Hall–Kier alpha value is -3.98. The van der Waals surface area contributed by atoms with Gasteiger partial charge in [0.2, 0.25) is 5.91 Å². The van der Waals surface area contributed by atoms with E-state index in [2.05, 4.69) is 5.32 Å². The van der Waals surface area contributed by atoms with E-state index in [1.165, 1.54) is 17.0 Å². The molecule has 192 valence electrons. The lowest BCUT2D eigenvalue weighted by molar-refractivity contribution is -0.124. The van der Waals surface area contributed by atoms with Crippen molar-refractivity contribution in [3.05, 3.63) is 84.2 Å². The molecule has 0 unspecified atom stereocenters. The Bertz CT molecular complexity index is 1270. The summed E-state index contributed by atoms with van der Waals surface area (Å²) in [5.41, 5.74) is 2.07. The molecule has 0 saturated carbocycles. The second-order valence-electron chi connectivity index (χ2n) is 8.45. The van der Waals surface area contributed by atoms with Crippen molar-refractivity contribution in [1.29, 1.82) is 0 Å². The second kappa shape index (κ2) is 11.8. The van der Waals surface area contributed by atoms with E-state index >= 15 is 0 Å². The van der Waals surface area contributed by atoms with Crippen LogP contribution in [0.25, 0.3) is 0 Å². The Kier molecular flexibility index (Phi) is 8.35. The highest BCUT2D eigenvalue weighted by atomic mass is 32.1. The van der Waals surface area contributed by atoms with Gasteiger partial charge in [-0.1, -0.05) is 18.2 Å². The molecule has 0 aliphatic carbocycles. The van der Waals surface area contributed by atoms with Crippen LogP contribution in [0.5, 0.6) is 11.5 Å². The third kappa shape index (κ3) is 6.24. The molecule has 3 aromatic carbocycles. The first-order chi connectivity index (χ1) is 17.9. The summed E-state index contributed by atoms with van der Waals surface area (Å²) < 4.78 is 24.1. The number of nitrogens with zero attached hydrogens (tertiary/aromatic N) is 2. The lowest BCUT2D eigenvalue weighted by Crippen LogP contribution is -2.39. The molecule has 0 spiro atoms. The Morgan fingerprint density at radius 1 is 1.05 bits per heavy atom. The number of rotatable bonds is 10. The number of nitrogens with one attached hydrogen (secondary N) is 1. The first-order valence-corrected chi connectivity index (χ1v) is 12.4. The van der Waals surface area contributed by atoms with E-state index in [0.717, 1.165) is 5.56 Å². The van der Waals surface area contributed by atoms with Crippen LogP contribution in [0.2, 0.25) is 0 Å². The summed E-state index contributed by atoms with van der Waals surface area (Å²) in [4.78, 5) is 29.8. The molecule has 0 aromatic heterocycles. The van der Waals surface area contributed by atoms with Gasteiger partial charge < -0.3 is 19.7 Å². The highest BCUT2D eigenvalue weighted by molar-refractivity contribution is 7.80. The normalized spacial score (nSPS) is 15.2. The molecule has 37 heavy (non-hydrogen) atoms. The molecule has 3 aromatic rings. The molecule has 1 heterocycles. The van der Waals surface area contributed by atoms with Gasteiger partial charge in [-0.3, -0.25) is 14.5 Å². The fourth-order valence-electron chi connectivity index (χ4n) is 4.17. The van der Waals surface area contributed by atoms with Gasteiger partial charge in [-0.25, -0.2) is 4.39 Å². The van der Waals surface area contributed by atoms with E-state index < -0.39 is 6.04 Å². The van der Waals surface area contributed by atoms with Crippen LogP contribution in [-0.2, 0) is 16.0 Å². The summed E-state index contributed by atoms with van der Waals surface area (Å²) in [5.74, 6) is 0.375. The van der Waals surface area contributed by atoms with Crippen LogP contribution in [0.1, 0.15) is 18.9 Å². The van der Waals surface area contributed by atoms with E-state index in [0.29, 0.717) is 47.6 Å². The summed E-state index contributed by atoms with van der Waals surface area (Å²) in [6.07, 6.45) is 0.437. The largest absolute Gasteiger partial charge is 0.497 e. The number of amides is 2. The molecule has 9 heteroatoms. The van der Waals surface area contributed by atoms with Gasteiger partial charge >= 0.3 is 0 Å². The molecule has 1 N–H and O–H groups in total. The molecule has 1 fully saturated rings. The molecular formula is C28H28FN3O4S. The van der Waals surface area contributed by atoms with Crippen molar-refractivity contribution in [3.8, 4) is 11.5 Å². The molecule has 1 saturated heterocycles. The van der Waals surface area contributed by atoms with E-state index in [1.807, 2.05) is 13.0 Å². The zero-order valence-electron chi connectivity index (χ0n) is 20.6. The van der Waals surface area contributed by atoms with Crippen LogP contribution in [-0.4, -0.2) is 48.1 Å². The summed E-state index contributed by atoms with van der Waals surface area (Å²) in [6.45, 7) is 2.78. The van der Waals surface area contributed by atoms with E-state index in [9.17, 15) is 14.0 Å². The quantitative estimate of drug-likeness (QED) is 0.386. The van der Waals surface area contributed by atoms with Crippen LogP contribution in [0, 0.1) is 5.82 Å². The van der Waals surface area contributed by atoms with Crippen molar-refractivity contribution in [1.82, 2.24) is 4.90 Å². The minimum absolute atomic E-state index is 0.0894. The average Bonchev–Trinajstić information content (AvgIpc) is 3.12. The predicted molar refractivity (Wildman–Crippen MR) is 145 cm³/mol. The van der Waals surface area contributed by atoms with Gasteiger partial charge in [0.25, 0.3) is 5.91 Å². The number of methoxy groups -OCH3 is 1. The zero-order chi connectivity index (χ0) is 26.4. The SMILES string of the molecule is CCOc1cccc(NC(=O)C[C@@H]2C(=O)N(c3ccc(OC)cc3)C(=S)N2CCc2ccc(F)cc2)c1. The smallest absolute Gasteiger partial charge is 0.256 e.